The quantitative estimate of drug-likeness (QED) is 0.650. The first-order chi connectivity index (χ1) is 13.2. The van der Waals surface area contributed by atoms with Gasteiger partial charge in [0, 0.05) is 18.8 Å². The van der Waals surface area contributed by atoms with Crippen molar-refractivity contribution >= 4 is 23.0 Å². The molecule has 0 fully saturated rings. The van der Waals surface area contributed by atoms with Crippen molar-refractivity contribution in [1.82, 2.24) is 0 Å². The molecule has 0 atom stereocenters. The summed E-state index contributed by atoms with van der Waals surface area (Å²) in [5.41, 5.74) is -0.678. The van der Waals surface area contributed by atoms with Crippen LogP contribution in [-0.4, -0.2) is 35.9 Å². The molecule has 2 rings (SSSR count). The highest BCUT2D eigenvalue weighted by atomic mass is 19.4. The van der Waals surface area contributed by atoms with Gasteiger partial charge in [0.2, 0.25) is 0 Å². The highest BCUT2D eigenvalue weighted by Gasteiger charge is 2.33. The number of nitrogens with zero attached hydrogens (tertiary/aromatic N) is 3. The first kappa shape index (κ1) is 21.4. The lowest BCUT2D eigenvalue weighted by atomic mass is 10.0. The van der Waals surface area contributed by atoms with E-state index in [4.69, 9.17) is 5.11 Å². The minimum Gasteiger partial charge on any atom is -0.478 e. The van der Waals surface area contributed by atoms with Gasteiger partial charge in [-0.05, 0) is 55.8 Å². The second-order valence-electron chi connectivity index (χ2n) is 6.01. The first-order valence-electron chi connectivity index (χ1n) is 8.50. The van der Waals surface area contributed by atoms with E-state index in [1.54, 1.807) is 24.3 Å². The van der Waals surface area contributed by atoms with Crippen molar-refractivity contribution in [2.24, 2.45) is 10.2 Å². The maximum atomic E-state index is 13.1. The van der Waals surface area contributed by atoms with Crippen molar-refractivity contribution in [2.45, 2.75) is 20.0 Å². The van der Waals surface area contributed by atoms with Crippen molar-refractivity contribution < 1.29 is 28.2 Å². The lowest BCUT2D eigenvalue weighted by molar-refractivity contribution is -0.138. The van der Waals surface area contributed by atoms with E-state index in [1.165, 1.54) is 6.92 Å². The van der Waals surface area contributed by atoms with Crippen LogP contribution in [0.25, 0.3) is 0 Å². The summed E-state index contributed by atoms with van der Waals surface area (Å²) in [6.45, 7) is 4.28. The molecule has 2 N–H and O–H groups in total. The van der Waals surface area contributed by atoms with E-state index in [1.807, 2.05) is 11.8 Å². The van der Waals surface area contributed by atoms with E-state index < -0.39 is 17.7 Å². The van der Waals surface area contributed by atoms with Crippen LogP contribution in [0.1, 0.15) is 28.4 Å². The zero-order valence-electron chi connectivity index (χ0n) is 15.4. The van der Waals surface area contributed by atoms with Crippen molar-refractivity contribution in [1.29, 1.82) is 0 Å². The van der Waals surface area contributed by atoms with Crippen LogP contribution in [0.5, 0.6) is 0 Å². The molecule has 0 aliphatic heterocycles. The van der Waals surface area contributed by atoms with E-state index in [0.717, 1.165) is 11.8 Å². The number of alkyl halides is 3. The Hall–Kier alpha value is -2.94. The number of aromatic carboxylic acids is 1. The van der Waals surface area contributed by atoms with Gasteiger partial charge in [0.25, 0.3) is 0 Å². The molecule has 28 heavy (non-hydrogen) atoms. The minimum atomic E-state index is -4.62. The number of aryl methyl sites for hydroxylation is 1. The molecule has 0 saturated heterocycles. The number of carboxylic acids is 1. The molecule has 0 heterocycles. The molecule has 0 aliphatic rings. The van der Waals surface area contributed by atoms with Crippen LogP contribution in [0, 0.1) is 6.92 Å². The third-order valence-corrected chi connectivity index (χ3v) is 4.12. The summed E-state index contributed by atoms with van der Waals surface area (Å²) in [4.78, 5) is 13.3. The SMILES string of the molecule is CCN(CCO)c1ccc(N=Nc2cc(C(F)(F)F)c(C)cc2C(=O)O)cc1. The van der Waals surface area contributed by atoms with Crippen LogP contribution in [0.4, 0.5) is 30.2 Å². The van der Waals surface area contributed by atoms with Crippen molar-refractivity contribution in [3.05, 3.63) is 53.1 Å². The second kappa shape index (κ2) is 8.83. The van der Waals surface area contributed by atoms with Crippen molar-refractivity contribution in [3.63, 3.8) is 0 Å². The maximum Gasteiger partial charge on any atom is 0.416 e. The number of aliphatic hydroxyl groups excluding tert-OH is 1. The smallest absolute Gasteiger partial charge is 0.416 e. The van der Waals surface area contributed by atoms with Gasteiger partial charge in [-0.15, -0.1) is 5.11 Å². The first-order valence-corrected chi connectivity index (χ1v) is 8.50. The number of azo groups is 1. The van der Waals surface area contributed by atoms with Crippen LogP contribution in [0.2, 0.25) is 0 Å². The average molecular weight is 395 g/mol. The van der Waals surface area contributed by atoms with E-state index in [0.29, 0.717) is 24.8 Å². The zero-order chi connectivity index (χ0) is 20.9. The molecule has 0 spiro atoms. The number of likely N-dealkylation sites (N-methyl/N-ethyl adjacent to an activating group) is 1. The van der Waals surface area contributed by atoms with Crippen LogP contribution in [0.15, 0.2) is 46.6 Å². The predicted molar refractivity (Wildman–Crippen MR) is 98.7 cm³/mol. The number of anilines is 1. The lowest BCUT2D eigenvalue weighted by Crippen LogP contribution is -2.25. The fourth-order valence-electron chi connectivity index (χ4n) is 2.69. The molecule has 0 aromatic heterocycles. The Bertz CT molecular complexity index is 865. The van der Waals surface area contributed by atoms with Gasteiger partial charge in [0.1, 0.15) is 5.69 Å². The minimum absolute atomic E-state index is 0.00221. The Kier molecular flexibility index (Phi) is 6.74. The maximum absolute atomic E-state index is 13.1. The number of carbonyl (C=O) groups is 1. The van der Waals surface area contributed by atoms with Crippen LogP contribution >= 0.6 is 0 Å². The second-order valence-corrected chi connectivity index (χ2v) is 6.01. The molecule has 0 saturated carbocycles. The molecule has 0 radical (unpaired) electrons. The summed E-state index contributed by atoms with van der Waals surface area (Å²) in [5.74, 6) is -1.39. The Morgan fingerprint density at radius 2 is 1.79 bits per heavy atom. The molecular formula is C19H20F3N3O3. The third-order valence-electron chi connectivity index (χ3n) is 4.12. The van der Waals surface area contributed by atoms with Crippen molar-refractivity contribution in [2.75, 3.05) is 24.6 Å². The van der Waals surface area contributed by atoms with Gasteiger partial charge in [-0.2, -0.15) is 18.3 Å². The molecule has 0 bridgehead atoms. The van der Waals surface area contributed by atoms with Gasteiger partial charge in [0.15, 0.2) is 0 Å². The number of hydrogen-bond acceptors (Lipinski definition) is 5. The largest absolute Gasteiger partial charge is 0.478 e. The van der Waals surface area contributed by atoms with Crippen molar-refractivity contribution in [3.8, 4) is 0 Å². The summed E-state index contributed by atoms with van der Waals surface area (Å²) < 4.78 is 39.3. The summed E-state index contributed by atoms with van der Waals surface area (Å²) in [6.07, 6.45) is -4.62. The van der Waals surface area contributed by atoms with Gasteiger partial charge in [0.05, 0.1) is 23.4 Å². The highest BCUT2D eigenvalue weighted by Crippen LogP contribution is 2.36. The number of rotatable bonds is 7. The van der Waals surface area contributed by atoms with E-state index in [9.17, 15) is 23.1 Å². The predicted octanol–water partition coefficient (Wildman–Crippen LogP) is 4.95. The van der Waals surface area contributed by atoms with E-state index >= 15 is 0 Å². The Labute approximate surface area is 159 Å². The summed E-state index contributed by atoms with van der Waals surface area (Å²) >= 11 is 0. The molecule has 2 aromatic rings. The topological polar surface area (TPSA) is 85.5 Å². The monoisotopic (exact) mass is 395 g/mol. The number of aliphatic hydroxyl groups is 1. The average Bonchev–Trinajstić information content (AvgIpc) is 2.64. The molecule has 0 aliphatic carbocycles. The molecular weight excluding hydrogens is 375 g/mol. The highest BCUT2D eigenvalue weighted by molar-refractivity contribution is 5.93. The van der Waals surface area contributed by atoms with Gasteiger partial charge in [-0.1, -0.05) is 0 Å². The molecule has 0 unspecified atom stereocenters. The Balaban J connectivity index is 2.36. The van der Waals surface area contributed by atoms with Crippen LogP contribution in [-0.2, 0) is 6.18 Å². The molecule has 9 heteroatoms. The van der Waals surface area contributed by atoms with Crippen LogP contribution in [0.3, 0.4) is 0 Å². The summed E-state index contributed by atoms with van der Waals surface area (Å²) in [7, 11) is 0. The van der Waals surface area contributed by atoms with E-state index in [2.05, 4.69) is 10.2 Å². The number of hydrogen-bond donors (Lipinski definition) is 2. The zero-order valence-corrected chi connectivity index (χ0v) is 15.4. The molecule has 6 nitrogen and oxygen atoms in total. The number of benzene rings is 2. The third kappa shape index (κ3) is 5.07. The lowest BCUT2D eigenvalue weighted by Gasteiger charge is -2.21. The summed E-state index contributed by atoms with van der Waals surface area (Å²) in [5, 5.41) is 25.9. The van der Waals surface area contributed by atoms with Gasteiger partial charge < -0.3 is 15.1 Å². The number of halogens is 3. The molecule has 0 amide bonds. The van der Waals surface area contributed by atoms with Crippen LogP contribution < -0.4 is 4.90 Å². The fourth-order valence-corrected chi connectivity index (χ4v) is 2.69. The molecule has 150 valence electrons. The van der Waals surface area contributed by atoms with Gasteiger partial charge >= 0.3 is 12.1 Å². The standard InChI is InChI=1S/C19H20F3N3O3/c1-3-25(8-9-26)14-6-4-13(5-7-14)23-24-17-11-16(19(20,21)22)12(2)10-15(17)18(27)28/h4-7,10-11,26H,3,8-9H2,1-2H3,(H,27,28). The normalized spacial score (nSPS) is 11.8. The fraction of sp³-hybridized carbons (Fsp3) is 0.316. The van der Waals surface area contributed by atoms with Gasteiger partial charge in [-0.25, -0.2) is 4.79 Å². The molecule has 2 aromatic carbocycles. The Morgan fingerprint density at radius 3 is 2.29 bits per heavy atom. The van der Waals surface area contributed by atoms with Gasteiger partial charge in [-0.3, -0.25) is 0 Å². The Morgan fingerprint density at radius 1 is 1.14 bits per heavy atom. The summed E-state index contributed by atoms with van der Waals surface area (Å²) in [6, 6.07) is 8.33. The van der Waals surface area contributed by atoms with E-state index in [-0.39, 0.29) is 23.4 Å². The number of carboxylic acid groups (broad SMARTS) is 1.